The van der Waals surface area contributed by atoms with Crippen molar-refractivity contribution in [2.45, 2.75) is 30.8 Å². The van der Waals surface area contributed by atoms with Gasteiger partial charge in [-0.25, -0.2) is 13.4 Å². The van der Waals surface area contributed by atoms with Crippen molar-refractivity contribution in [2.24, 2.45) is 0 Å². The number of fused-ring (bicyclic) bond motifs is 1. The molecule has 9 heteroatoms. The van der Waals surface area contributed by atoms with Crippen LogP contribution in [0.5, 0.6) is 10.9 Å². The third-order valence-electron chi connectivity index (χ3n) is 4.79. The zero-order valence-electron chi connectivity index (χ0n) is 15.9. The van der Waals surface area contributed by atoms with E-state index < -0.39 is 10.0 Å². The zero-order valence-corrected chi connectivity index (χ0v) is 18.3. The molecule has 1 saturated heterocycles. The van der Waals surface area contributed by atoms with Gasteiger partial charge in [0.05, 0.1) is 16.3 Å². The first-order valence-corrected chi connectivity index (χ1v) is 12.1. The number of aromatic nitrogens is 1. The number of hydrogen-bond acceptors (Lipinski definition) is 6. The Labute approximate surface area is 179 Å². The van der Waals surface area contributed by atoms with Gasteiger partial charge in [-0.05, 0) is 44.0 Å². The van der Waals surface area contributed by atoms with E-state index >= 15 is 0 Å². The van der Waals surface area contributed by atoms with Gasteiger partial charge in [0.2, 0.25) is 10.0 Å². The highest BCUT2D eigenvalue weighted by Crippen LogP contribution is 2.34. The summed E-state index contributed by atoms with van der Waals surface area (Å²) in [5.41, 5.74) is 0.738. The summed E-state index contributed by atoms with van der Waals surface area (Å²) < 4.78 is 40.2. The molecular formula is C20H21ClN2O4S2. The molecule has 1 fully saturated rings. The minimum atomic E-state index is -3.61. The van der Waals surface area contributed by atoms with E-state index in [1.807, 2.05) is 19.1 Å². The number of hydrogen-bond donors (Lipinski definition) is 0. The second-order valence-corrected chi connectivity index (χ2v) is 9.97. The third kappa shape index (κ3) is 4.21. The Balaban J connectivity index is 1.44. The molecule has 154 valence electrons. The number of sulfonamides is 1. The molecule has 0 aliphatic carbocycles. The van der Waals surface area contributed by atoms with Gasteiger partial charge >= 0.3 is 0 Å². The summed E-state index contributed by atoms with van der Waals surface area (Å²) >= 11 is 7.63. The molecule has 4 rings (SSSR count). The van der Waals surface area contributed by atoms with Crippen molar-refractivity contribution < 1.29 is 17.9 Å². The van der Waals surface area contributed by atoms with Crippen LogP contribution in [0.15, 0.2) is 47.4 Å². The van der Waals surface area contributed by atoms with E-state index in [-0.39, 0.29) is 11.0 Å². The van der Waals surface area contributed by atoms with Crippen LogP contribution in [-0.4, -0.2) is 43.5 Å². The van der Waals surface area contributed by atoms with Crippen LogP contribution in [-0.2, 0) is 10.0 Å². The molecule has 1 aromatic heterocycles. The molecule has 2 heterocycles. The van der Waals surface area contributed by atoms with Crippen LogP contribution in [0.3, 0.4) is 0 Å². The molecule has 0 saturated carbocycles. The van der Waals surface area contributed by atoms with Gasteiger partial charge in [-0.1, -0.05) is 41.1 Å². The summed E-state index contributed by atoms with van der Waals surface area (Å²) in [6.07, 6.45) is 1.11. The summed E-state index contributed by atoms with van der Waals surface area (Å²) in [6.45, 7) is 3.02. The summed E-state index contributed by atoms with van der Waals surface area (Å²) in [5.74, 6) is 0.389. The van der Waals surface area contributed by atoms with Gasteiger partial charge < -0.3 is 9.47 Å². The van der Waals surface area contributed by atoms with Crippen LogP contribution in [0.4, 0.5) is 0 Å². The van der Waals surface area contributed by atoms with E-state index in [0.29, 0.717) is 48.5 Å². The maximum absolute atomic E-state index is 13.1. The third-order valence-corrected chi connectivity index (χ3v) is 7.94. The Kier molecular flexibility index (Phi) is 5.96. The van der Waals surface area contributed by atoms with E-state index in [4.69, 9.17) is 21.1 Å². The quantitative estimate of drug-likeness (QED) is 0.547. The van der Waals surface area contributed by atoms with E-state index in [0.717, 1.165) is 10.2 Å². The molecule has 1 aliphatic rings. The topological polar surface area (TPSA) is 68.7 Å². The number of para-hydroxylation sites is 2. The van der Waals surface area contributed by atoms with E-state index in [1.165, 1.54) is 15.6 Å². The highest BCUT2D eigenvalue weighted by molar-refractivity contribution is 7.89. The molecule has 0 unspecified atom stereocenters. The molecule has 1 aliphatic heterocycles. The zero-order chi connectivity index (χ0) is 20.4. The standard InChI is InChI=1S/C20H21ClN2O4S2/c1-2-26-16-7-3-4-9-18(16)29(24,25)23-12-10-14(11-13-23)27-20-22-19-15(21)6-5-8-17(19)28-20/h3-9,14H,2,10-13H2,1H3. The van der Waals surface area contributed by atoms with Crippen molar-refractivity contribution in [2.75, 3.05) is 19.7 Å². The molecule has 0 radical (unpaired) electrons. The predicted molar refractivity (Wildman–Crippen MR) is 115 cm³/mol. The van der Waals surface area contributed by atoms with Crippen LogP contribution in [0.25, 0.3) is 10.2 Å². The van der Waals surface area contributed by atoms with Crippen LogP contribution < -0.4 is 9.47 Å². The number of ether oxygens (including phenoxy) is 2. The SMILES string of the molecule is CCOc1ccccc1S(=O)(=O)N1CCC(Oc2nc3c(Cl)cccc3s2)CC1. The van der Waals surface area contributed by atoms with Crippen LogP contribution >= 0.6 is 22.9 Å². The number of thiazole rings is 1. The largest absolute Gasteiger partial charge is 0.492 e. The Hall–Kier alpha value is -1.87. The lowest BCUT2D eigenvalue weighted by molar-refractivity contribution is 0.135. The van der Waals surface area contributed by atoms with Crippen molar-refractivity contribution in [1.29, 1.82) is 0 Å². The average Bonchev–Trinajstić information content (AvgIpc) is 3.13. The lowest BCUT2D eigenvalue weighted by atomic mass is 10.1. The van der Waals surface area contributed by atoms with Gasteiger partial charge in [0, 0.05) is 13.1 Å². The van der Waals surface area contributed by atoms with Crippen molar-refractivity contribution in [1.82, 2.24) is 9.29 Å². The van der Waals surface area contributed by atoms with Crippen molar-refractivity contribution >= 4 is 43.2 Å². The first kappa shape index (κ1) is 20.4. The fraction of sp³-hybridized carbons (Fsp3) is 0.350. The Morgan fingerprint density at radius 2 is 1.93 bits per heavy atom. The number of halogens is 1. The summed E-state index contributed by atoms with van der Waals surface area (Å²) in [5, 5.41) is 1.17. The molecule has 0 amide bonds. The Bertz CT molecular complexity index is 1110. The number of piperidine rings is 1. The molecule has 2 aromatic carbocycles. The van der Waals surface area contributed by atoms with Gasteiger partial charge in [-0.3, -0.25) is 0 Å². The molecule has 3 aromatic rings. The monoisotopic (exact) mass is 452 g/mol. The fourth-order valence-electron chi connectivity index (χ4n) is 3.35. The van der Waals surface area contributed by atoms with Crippen LogP contribution in [0.1, 0.15) is 19.8 Å². The molecule has 0 N–H and O–H groups in total. The Morgan fingerprint density at radius 3 is 2.66 bits per heavy atom. The number of benzene rings is 2. The normalized spacial score (nSPS) is 16.2. The van der Waals surface area contributed by atoms with Crippen LogP contribution in [0.2, 0.25) is 5.02 Å². The second-order valence-electron chi connectivity index (χ2n) is 6.67. The van der Waals surface area contributed by atoms with Gasteiger partial charge in [0.25, 0.3) is 5.19 Å². The second kappa shape index (κ2) is 8.47. The van der Waals surface area contributed by atoms with Gasteiger partial charge in [0.15, 0.2) is 0 Å². The molecule has 0 bridgehead atoms. The van der Waals surface area contributed by atoms with Gasteiger partial charge in [0.1, 0.15) is 22.3 Å². The first-order chi connectivity index (χ1) is 14.0. The van der Waals surface area contributed by atoms with Gasteiger partial charge in [-0.2, -0.15) is 4.31 Å². The molecule has 0 spiro atoms. The minimum absolute atomic E-state index is 0.0806. The van der Waals surface area contributed by atoms with E-state index in [9.17, 15) is 8.42 Å². The van der Waals surface area contributed by atoms with E-state index in [2.05, 4.69) is 4.98 Å². The summed E-state index contributed by atoms with van der Waals surface area (Å²) in [7, 11) is -3.61. The predicted octanol–water partition coefficient (Wildman–Crippen LogP) is 4.58. The average molecular weight is 453 g/mol. The van der Waals surface area contributed by atoms with Crippen molar-refractivity contribution in [3.05, 3.63) is 47.5 Å². The molecule has 29 heavy (non-hydrogen) atoms. The first-order valence-electron chi connectivity index (χ1n) is 9.42. The van der Waals surface area contributed by atoms with Crippen molar-refractivity contribution in [3.63, 3.8) is 0 Å². The molecule has 0 atom stereocenters. The molecule has 6 nitrogen and oxygen atoms in total. The van der Waals surface area contributed by atoms with Crippen LogP contribution in [0, 0.1) is 0 Å². The summed E-state index contributed by atoms with van der Waals surface area (Å²) in [6, 6.07) is 12.4. The smallest absolute Gasteiger partial charge is 0.274 e. The lowest BCUT2D eigenvalue weighted by Crippen LogP contribution is -2.41. The number of rotatable bonds is 6. The lowest BCUT2D eigenvalue weighted by Gasteiger charge is -2.31. The summed E-state index contributed by atoms with van der Waals surface area (Å²) in [4.78, 5) is 4.68. The highest BCUT2D eigenvalue weighted by atomic mass is 35.5. The highest BCUT2D eigenvalue weighted by Gasteiger charge is 2.32. The maximum Gasteiger partial charge on any atom is 0.274 e. The Morgan fingerprint density at radius 1 is 1.17 bits per heavy atom. The minimum Gasteiger partial charge on any atom is -0.492 e. The molecular weight excluding hydrogens is 432 g/mol. The van der Waals surface area contributed by atoms with E-state index in [1.54, 1.807) is 30.3 Å². The number of nitrogens with zero attached hydrogens (tertiary/aromatic N) is 2. The fourth-order valence-corrected chi connectivity index (χ4v) is 6.14. The maximum atomic E-state index is 13.1. The van der Waals surface area contributed by atoms with Gasteiger partial charge in [-0.15, -0.1) is 0 Å². The van der Waals surface area contributed by atoms with Crippen molar-refractivity contribution in [3.8, 4) is 10.9 Å².